The molecule has 1 rings (SSSR count). The molecule has 108 valence electrons. The number of aliphatic hydroxyl groups excluding tert-OH is 1. The minimum atomic E-state index is 0.253. The van der Waals surface area contributed by atoms with Gasteiger partial charge in [0.1, 0.15) is 5.75 Å². The second-order valence-corrected chi connectivity index (χ2v) is 5.21. The van der Waals surface area contributed by atoms with Crippen LogP contribution in [-0.4, -0.2) is 25.4 Å². The van der Waals surface area contributed by atoms with Crippen LogP contribution in [0.3, 0.4) is 0 Å². The number of nitrogens with one attached hydrogen (secondary N) is 1. The van der Waals surface area contributed by atoms with Crippen LogP contribution in [0.5, 0.6) is 5.75 Å². The molecular weight excluding hydrogens is 238 g/mol. The maximum atomic E-state index is 9.19. The van der Waals surface area contributed by atoms with Gasteiger partial charge in [-0.05, 0) is 61.4 Å². The number of methoxy groups -OCH3 is 1. The van der Waals surface area contributed by atoms with Gasteiger partial charge in [0, 0.05) is 19.7 Å². The molecule has 0 fully saturated rings. The third-order valence-electron chi connectivity index (χ3n) is 4.00. The summed E-state index contributed by atoms with van der Waals surface area (Å²) < 4.78 is 5.39. The maximum Gasteiger partial charge on any atom is 0.122 e. The molecule has 0 amide bonds. The minimum absolute atomic E-state index is 0.253. The summed E-state index contributed by atoms with van der Waals surface area (Å²) in [6, 6.07) is 2.10. The first kappa shape index (κ1) is 16.0. The van der Waals surface area contributed by atoms with Crippen molar-refractivity contribution in [2.75, 3.05) is 20.3 Å². The second-order valence-electron chi connectivity index (χ2n) is 5.21. The van der Waals surface area contributed by atoms with E-state index in [0.29, 0.717) is 5.92 Å². The van der Waals surface area contributed by atoms with Crippen molar-refractivity contribution in [1.29, 1.82) is 0 Å². The lowest BCUT2D eigenvalue weighted by Gasteiger charge is -2.18. The van der Waals surface area contributed by atoms with Gasteiger partial charge in [-0.2, -0.15) is 0 Å². The van der Waals surface area contributed by atoms with E-state index in [0.717, 1.165) is 25.3 Å². The van der Waals surface area contributed by atoms with Gasteiger partial charge >= 0.3 is 0 Å². The number of aliphatic hydroxyl groups is 1. The molecule has 1 aromatic carbocycles. The van der Waals surface area contributed by atoms with Crippen LogP contribution in [0.4, 0.5) is 0 Å². The quantitative estimate of drug-likeness (QED) is 0.796. The van der Waals surface area contributed by atoms with Gasteiger partial charge in [0.2, 0.25) is 0 Å². The number of hydrogen-bond donors (Lipinski definition) is 2. The Kier molecular flexibility index (Phi) is 6.32. The van der Waals surface area contributed by atoms with E-state index in [2.05, 4.69) is 39.1 Å². The molecule has 2 N–H and O–H groups in total. The molecule has 0 radical (unpaired) electrons. The third kappa shape index (κ3) is 3.95. The first-order valence-electron chi connectivity index (χ1n) is 7.00. The molecule has 19 heavy (non-hydrogen) atoms. The first-order valence-corrected chi connectivity index (χ1v) is 7.00. The Morgan fingerprint density at radius 2 is 1.95 bits per heavy atom. The van der Waals surface area contributed by atoms with Crippen LogP contribution in [-0.2, 0) is 6.54 Å². The van der Waals surface area contributed by atoms with E-state index >= 15 is 0 Å². The van der Waals surface area contributed by atoms with Gasteiger partial charge in [0.05, 0.1) is 7.11 Å². The molecule has 1 unspecified atom stereocenters. The Bertz CT molecular complexity index is 412. The number of ether oxygens (including phenoxy) is 1. The molecule has 3 heteroatoms. The Hall–Kier alpha value is -1.06. The Morgan fingerprint density at radius 1 is 1.26 bits per heavy atom. The van der Waals surface area contributed by atoms with E-state index in [-0.39, 0.29) is 6.61 Å². The van der Waals surface area contributed by atoms with E-state index in [1.807, 2.05) is 0 Å². The highest BCUT2D eigenvalue weighted by atomic mass is 16.5. The minimum Gasteiger partial charge on any atom is -0.496 e. The molecule has 3 nitrogen and oxygen atoms in total. The van der Waals surface area contributed by atoms with Crippen LogP contribution in [0.1, 0.15) is 35.6 Å². The van der Waals surface area contributed by atoms with Crippen molar-refractivity contribution in [1.82, 2.24) is 5.32 Å². The number of benzene rings is 1. The predicted molar refractivity (Wildman–Crippen MR) is 79.8 cm³/mol. The second kappa shape index (κ2) is 7.51. The van der Waals surface area contributed by atoms with Gasteiger partial charge in [-0.3, -0.25) is 0 Å². The predicted octanol–water partition coefficient (Wildman–Crippen LogP) is 2.73. The SMILES string of the molecule is CCC(CO)CNCc1c(C)cc(OC)c(C)c1C. The van der Waals surface area contributed by atoms with E-state index in [1.165, 1.54) is 22.3 Å². The monoisotopic (exact) mass is 265 g/mol. The molecular formula is C16H27NO2. The molecule has 0 saturated heterocycles. The summed E-state index contributed by atoms with van der Waals surface area (Å²) in [7, 11) is 1.71. The van der Waals surface area contributed by atoms with Crippen LogP contribution >= 0.6 is 0 Å². The Morgan fingerprint density at radius 3 is 2.47 bits per heavy atom. The van der Waals surface area contributed by atoms with Crippen LogP contribution in [0.15, 0.2) is 6.07 Å². The summed E-state index contributed by atoms with van der Waals surface area (Å²) in [4.78, 5) is 0. The lowest BCUT2D eigenvalue weighted by Crippen LogP contribution is -2.25. The van der Waals surface area contributed by atoms with Gasteiger partial charge in [0.15, 0.2) is 0 Å². The van der Waals surface area contributed by atoms with Crippen molar-refractivity contribution in [3.05, 3.63) is 28.3 Å². The zero-order valence-corrected chi connectivity index (χ0v) is 12.8. The molecule has 0 aliphatic carbocycles. The summed E-state index contributed by atoms with van der Waals surface area (Å²) in [6.07, 6.45) is 1.00. The molecule has 0 spiro atoms. The number of rotatable bonds is 7. The normalized spacial score (nSPS) is 12.5. The average Bonchev–Trinajstić information content (AvgIpc) is 2.42. The topological polar surface area (TPSA) is 41.5 Å². The van der Waals surface area contributed by atoms with Crippen LogP contribution in [0.25, 0.3) is 0 Å². The van der Waals surface area contributed by atoms with Gasteiger partial charge in [0.25, 0.3) is 0 Å². The maximum absolute atomic E-state index is 9.19. The summed E-state index contributed by atoms with van der Waals surface area (Å²) in [5, 5.41) is 12.6. The molecule has 1 atom stereocenters. The van der Waals surface area contributed by atoms with Crippen molar-refractivity contribution in [3.63, 3.8) is 0 Å². The fourth-order valence-electron chi connectivity index (χ4n) is 2.32. The molecule has 0 aliphatic rings. The molecule has 0 saturated carbocycles. The third-order valence-corrected chi connectivity index (χ3v) is 4.00. The molecule has 0 heterocycles. The average molecular weight is 265 g/mol. The van der Waals surface area contributed by atoms with Gasteiger partial charge in [-0.1, -0.05) is 6.92 Å². The summed E-state index contributed by atoms with van der Waals surface area (Å²) in [6.45, 7) is 10.4. The van der Waals surface area contributed by atoms with Crippen molar-refractivity contribution in [2.24, 2.45) is 5.92 Å². The van der Waals surface area contributed by atoms with E-state index in [1.54, 1.807) is 7.11 Å². The van der Waals surface area contributed by atoms with Crippen molar-refractivity contribution >= 4 is 0 Å². The van der Waals surface area contributed by atoms with Crippen LogP contribution in [0, 0.1) is 26.7 Å². The fraction of sp³-hybridized carbons (Fsp3) is 0.625. The van der Waals surface area contributed by atoms with Crippen molar-refractivity contribution in [3.8, 4) is 5.75 Å². The fourth-order valence-corrected chi connectivity index (χ4v) is 2.32. The summed E-state index contributed by atoms with van der Waals surface area (Å²) >= 11 is 0. The lowest BCUT2D eigenvalue weighted by molar-refractivity contribution is 0.218. The van der Waals surface area contributed by atoms with E-state index < -0.39 is 0 Å². The first-order chi connectivity index (χ1) is 9.04. The highest BCUT2D eigenvalue weighted by Gasteiger charge is 2.11. The standard InChI is InChI=1S/C16H27NO2/c1-6-14(10-18)8-17-9-15-11(2)7-16(19-5)13(4)12(15)3/h7,14,17-18H,6,8-10H2,1-5H3. The zero-order chi connectivity index (χ0) is 14.4. The van der Waals surface area contributed by atoms with Crippen molar-refractivity contribution in [2.45, 2.75) is 40.7 Å². The molecule has 0 aliphatic heterocycles. The molecule has 0 bridgehead atoms. The van der Waals surface area contributed by atoms with E-state index in [9.17, 15) is 5.11 Å². The number of aryl methyl sites for hydroxylation is 1. The van der Waals surface area contributed by atoms with Gasteiger partial charge in [-0.25, -0.2) is 0 Å². The van der Waals surface area contributed by atoms with Gasteiger partial charge < -0.3 is 15.2 Å². The molecule has 1 aromatic rings. The van der Waals surface area contributed by atoms with Crippen LogP contribution in [0.2, 0.25) is 0 Å². The number of hydrogen-bond acceptors (Lipinski definition) is 3. The Balaban J connectivity index is 2.76. The van der Waals surface area contributed by atoms with E-state index in [4.69, 9.17) is 4.74 Å². The van der Waals surface area contributed by atoms with Gasteiger partial charge in [-0.15, -0.1) is 0 Å². The smallest absolute Gasteiger partial charge is 0.122 e. The van der Waals surface area contributed by atoms with Crippen LogP contribution < -0.4 is 10.1 Å². The Labute approximate surface area is 117 Å². The van der Waals surface area contributed by atoms with Crippen molar-refractivity contribution < 1.29 is 9.84 Å². The summed E-state index contributed by atoms with van der Waals surface area (Å²) in [5.41, 5.74) is 5.09. The zero-order valence-electron chi connectivity index (χ0n) is 12.8. The largest absolute Gasteiger partial charge is 0.496 e. The molecule has 0 aromatic heterocycles. The highest BCUT2D eigenvalue weighted by Crippen LogP contribution is 2.27. The highest BCUT2D eigenvalue weighted by molar-refractivity contribution is 5.48. The summed E-state index contributed by atoms with van der Waals surface area (Å²) in [5.74, 6) is 1.31. The lowest BCUT2D eigenvalue weighted by atomic mass is 9.97.